The van der Waals surface area contributed by atoms with E-state index >= 15 is 0 Å². The summed E-state index contributed by atoms with van der Waals surface area (Å²) in [6, 6.07) is 0. The molecular formula is C6H12N2O3. The Morgan fingerprint density at radius 2 is 2.09 bits per heavy atom. The Hall–Kier alpha value is -1.10. The van der Waals surface area contributed by atoms with Crippen molar-refractivity contribution in [2.24, 2.45) is 5.73 Å². The van der Waals surface area contributed by atoms with Gasteiger partial charge in [-0.2, -0.15) is 0 Å². The quantitative estimate of drug-likeness (QED) is 0.450. The van der Waals surface area contributed by atoms with E-state index in [1.807, 2.05) is 0 Å². The number of amides is 2. The van der Waals surface area contributed by atoms with Gasteiger partial charge >= 0.3 is 0 Å². The van der Waals surface area contributed by atoms with Crippen LogP contribution in [0.5, 0.6) is 0 Å². The van der Waals surface area contributed by atoms with Crippen LogP contribution >= 0.6 is 0 Å². The highest BCUT2D eigenvalue weighted by Gasteiger charge is 2.00. The molecule has 0 saturated heterocycles. The molecule has 2 amide bonds. The van der Waals surface area contributed by atoms with Gasteiger partial charge in [-0.05, 0) is 6.42 Å². The molecule has 4 N–H and O–H groups in total. The molecule has 0 aliphatic carbocycles. The molecule has 0 aromatic rings. The second kappa shape index (κ2) is 5.67. The Morgan fingerprint density at radius 1 is 1.45 bits per heavy atom. The van der Waals surface area contributed by atoms with Crippen molar-refractivity contribution in [1.29, 1.82) is 0 Å². The van der Waals surface area contributed by atoms with Crippen LogP contribution in [0.3, 0.4) is 0 Å². The third-order valence-corrected chi connectivity index (χ3v) is 1.02. The number of primary amides is 1. The molecule has 0 atom stereocenters. The minimum atomic E-state index is -0.567. The molecule has 0 radical (unpaired) electrons. The SMILES string of the molecule is NC(=O)CNC(=O)CCCO. The number of nitrogens with two attached hydrogens (primary N) is 1. The molecule has 64 valence electrons. The normalized spacial score (nSPS) is 9.18. The maximum absolute atomic E-state index is 10.7. The summed E-state index contributed by atoms with van der Waals surface area (Å²) in [4.78, 5) is 20.8. The molecule has 0 aromatic carbocycles. The van der Waals surface area contributed by atoms with Gasteiger partial charge in [-0.1, -0.05) is 0 Å². The number of carbonyl (C=O) groups is 2. The topological polar surface area (TPSA) is 92.4 Å². The van der Waals surface area contributed by atoms with Crippen LogP contribution in [-0.2, 0) is 9.59 Å². The highest BCUT2D eigenvalue weighted by Crippen LogP contribution is 1.85. The largest absolute Gasteiger partial charge is 0.396 e. The number of carbonyl (C=O) groups excluding carboxylic acids is 2. The average Bonchev–Trinajstić information content (AvgIpc) is 1.97. The fourth-order valence-electron chi connectivity index (χ4n) is 0.514. The Bertz CT molecular complexity index is 147. The highest BCUT2D eigenvalue weighted by atomic mass is 16.3. The Kier molecular flexibility index (Phi) is 5.10. The summed E-state index contributed by atoms with van der Waals surface area (Å²) in [5.74, 6) is -0.833. The zero-order valence-corrected chi connectivity index (χ0v) is 6.17. The van der Waals surface area contributed by atoms with Crippen molar-refractivity contribution in [1.82, 2.24) is 5.32 Å². The van der Waals surface area contributed by atoms with Crippen molar-refractivity contribution in [2.45, 2.75) is 12.8 Å². The van der Waals surface area contributed by atoms with Crippen LogP contribution in [0.25, 0.3) is 0 Å². The predicted molar refractivity (Wildman–Crippen MR) is 38.5 cm³/mol. The number of rotatable bonds is 5. The Labute approximate surface area is 64.6 Å². The minimum Gasteiger partial charge on any atom is -0.396 e. The van der Waals surface area contributed by atoms with E-state index in [2.05, 4.69) is 5.32 Å². The lowest BCUT2D eigenvalue weighted by molar-refractivity contribution is -0.124. The molecule has 0 rings (SSSR count). The van der Waals surface area contributed by atoms with Crippen molar-refractivity contribution in [3.8, 4) is 0 Å². The van der Waals surface area contributed by atoms with Gasteiger partial charge < -0.3 is 16.2 Å². The second-order valence-corrected chi connectivity index (χ2v) is 2.07. The van der Waals surface area contributed by atoms with Gasteiger partial charge in [0.15, 0.2) is 0 Å². The van der Waals surface area contributed by atoms with Crippen LogP contribution in [-0.4, -0.2) is 30.1 Å². The van der Waals surface area contributed by atoms with Crippen LogP contribution in [0.2, 0.25) is 0 Å². The van der Waals surface area contributed by atoms with Gasteiger partial charge in [-0.25, -0.2) is 0 Å². The molecule has 0 aliphatic rings. The predicted octanol–water partition coefficient (Wildman–Crippen LogP) is -1.64. The van der Waals surface area contributed by atoms with Crippen molar-refractivity contribution in [3.05, 3.63) is 0 Å². The fraction of sp³-hybridized carbons (Fsp3) is 0.667. The molecular weight excluding hydrogens is 148 g/mol. The van der Waals surface area contributed by atoms with Gasteiger partial charge in [-0.15, -0.1) is 0 Å². The zero-order valence-electron chi connectivity index (χ0n) is 6.17. The lowest BCUT2D eigenvalue weighted by Crippen LogP contribution is -2.33. The van der Waals surface area contributed by atoms with Gasteiger partial charge in [0.05, 0.1) is 6.54 Å². The Balaban J connectivity index is 3.30. The molecule has 0 spiro atoms. The molecule has 0 saturated carbocycles. The first-order chi connectivity index (χ1) is 5.16. The van der Waals surface area contributed by atoms with E-state index in [0.29, 0.717) is 6.42 Å². The summed E-state index contributed by atoms with van der Waals surface area (Å²) >= 11 is 0. The van der Waals surface area contributed by atoms with Crippen molar-refractivity contribution in [3.63, 3.8) is 0 Å². The fourth-order valence-corrected chi connectivity index (χ4v) is 0.514. The first kappa shape index (κ1) is 9.90. The smallest absolute Gasteiger partial charge is 0.236 e. The highest BCUT2D eigenvalue weighted by molar-refractivity contribution is 5.83. The second-order valence-electron chi connectivity index (χ2n) is 2.07. The van der Waals surface area contributed by atoms with Crippen molar-refractivity contribution >= 4 is 11.8 Å². The molecule has 0 bridgehead atoms. The third-order valence-electron chi connectivity index (χ3n) is 1.02. The van der Waals surface area contributed by atoms with Gasteiger partial charge in [0.1, 0.15) is 0 Å². The minimum absolute atomic E-state index is 0.0238. The van der Waals surface area contributed by atoms with E-state index in [4.69, 9.17) is 10.8 Å². The standard InChI is InChI=1S/C6H12N2O3/c7-5(10)4-8-6(11)2-1-3-9/h9H,1-4H2,(H2,7,10)(H,8,11). The van der Waals surface area contributed by atoms with Crippen LogP contribution in [0, 0.1) is 0 Å². The lowest BCUT2D eigenvalue weighted by Gasteiger charge is -1.99. The number of nitrogens with one attached hydrogen (secondary N) is 1. The summed E-state index contributed by atoms with van der Waals surface area (Å²) < 4.78 is 0. The van der Waals surface area contributed by atoms with Gasteiger partial charge in [0.2, 0.25) is 11.8 Å². The monoisotopic (exact) mass is 160 g/mol. The first-order valence-electron chi connectivity index (χ1n) is 3.32. The Morgan fingerprint density at radius 3 is 2.55 bits per heavy atom. The van der Waals surface area contributed by atoms with E-state index in [9.17, 15) is 9.59 Å². The number of hydrogen-bond donors (Lipinski definition) is 3. The van der Waals surface area contributed by atoms with Crippen LogP contribution in [0.15, 0.2) is 0 Å². The first-order valence-corrected chi connectivity index (χ1v) is 3.32. The summed E-state index contributed by atoms with van der Waals surface area (Å²) in [6.45, 7) is -0.158. The van der Waals surface area contributed by atoms with Crippen LogP contribution in [0.1, 0.15) is 12.8 Å². The maximum Gasteiger partial charge on any atom is 0.236 e. The molecule has 5 nitrogen and oxygen atoms in total. The average molecular weight is 160 g/mol. The molecule has 0 fully saturated rings. The van der Waals surface area contributed by atoms with Crippen LogP contribution in [0.4, 0.5) is 0 Å². The molecule has 11 heavy (non-hydrogen) atoms. The third kappa shape index (κ3) is 6.79. The summed E-state index contributed by atoms with van der Waals surface area (Å²) in [5, 5.41) is 10.6. The summed E-state index contributed by atoms with van der Waals surface area (Å²) in [7, 11) is 0. The molecule has 0 unspecified atom stereocenters. The number of aliphatic hydroxyl groups excluding tert-OH is 1. The maximum atomic E-state index is 10.7. The van der Waals surface area contributed by atoms with E-state index in [1.54, 1.807) is 0 Å². The molecule has 5 heteroatoms. The summed E-state index contributed by atoms with van der Waals surface area (Å²) in [6.07, 6.45) is 0.633. The van der Waals surface area contributed by atoms with E-state index < -0.39 is 5.91 Å². The van der Waals surface area contributed by atoms with Crippen LogP contribution < -0.4 is 11.1 Å². The van der Waals surface area contributed by atoms with E-state index in [1.165, 1.54) is 0 Å². The number of aliphatic hydroxyl groups is 1. The van der Waals surface area contributed by atoms with Gasteiger partial charge in [0.25, 0.3) is 0 Å². The molecule has 0 aromatic heterocycles. The zero-order chi connectivity index (χ0) is 8.69. The van der Waals surface area contributed by atoms with Crippen molar-refractivity contribution < 1.29 is 14.7 Å². The summed E-state index contributed by atoms with van der Waals surface area (Å²) in [5.41, 5.74) is 4.77. The van der Waals surface area contributed by atoms with E-state index in [0.717, 1.165) is 0 Å². The number of hydrogen-bond acceptors (Lipinski definition) is 3. The van der Waals surface area contributed by atoms with Crippen molar-refractivity contribution in [2.75, 3.05) is 13.2 Å². The van der Waals surface area contributed by atoms with Gasteiger partial charge in [-0.3, -0.25) is 9.59 Å². The van der Waals surface area contributed by atoms with E-state index in [-0.39, 0.29) is 25.5 Å². The molecule has 0 heterocycles. The van der Waals surface area contributed by atoms with Gasteiger partial charge in [0, 0.05) is 13.0 Å². The molecule has 0 aliphatic heterocycles. The lowest BCUT2D eigenvalue weighted by atomic mass is 10.3.